The molecule has 0 radical (unpaired) electrons. The molecule has 3 aromatic heterocycles. The normalized spacial score (nSPS) is 14.7. The Bertz CT molecular complexity index is 921. The van der Waals surface area contributed by atoms with Crippen LogP contribution in [0, 0.1) is 5.92 Å². The van der Waals surface area contributed by atoms with Crippen molar-refractivity contribution < 1.29 is 9.53 Å². The number of methoxy groups -OCH3 is 1. The molecule has 28 heavy (non-hydrogen) atoms. The number of pyridine rings is 1. The van der Waals surface area contributed by atoms with Crippen molar-refractivity contribution in [3.8, 4) is 11.7 Å². The van der Waals surface area contributed by atoms with Gasteiger partial charge in [-0.1, -0.05) is 0 Å². The quantitative estimate of drug-likeness (QED) is 0.705. The van der Waals surface area contributed by atoms with Crippen molar-refractivity contribution in [2.24, 2.45) is 5.92 Å². The molecule has 1 saturated heterocycles. The summed E-state index contributed by atoms with van der Waals surface area (Å²) in [6.07, 6.45) is 7.66. The molecule has 1 N–H and O–H groups in total. The summed E-state index contributed by atoms with van der Waals surface area (Å²) < 4.78 is 6.62. The molecule has 4 rings (SSSR count). The molecule has 0 spiro atoms. The third-order valence-electron chi connectivity index (χ3n) is 4.69. The number of amides is 1. The van der Waals surface area contributed by atoms with Gasteiger partial charge in [-0.25, -0.2) is 24.6 Å². The van der Waals surface area contributed by atoms with E-state index in [0.29, 0.717) is 17.4 Å². The first kappa shape index (κ1) is 17.8. The van der Waals surface area contributed by atoms with Crippen LogP contribution in [-0.4, -0.2) is 55.8 Å². The van der Waals surface area contributed by atoms with Gasteiger partial charge in [-0.05, 0) is 18.9 Å². The monoisotopic (exact) mass is 380 g/mol. The van der Waals surface area contributed by atoms with Gasteiger partial charge in [-0.15, -0.1) is 0 Å². The molecule has 0 atom stereocenters. The number of ether oxygens (including phenoxy) is 1. The lowest BCUT2D eigenvalue weighted by Gasteiger charge is -2.32. The Morgan fingerprint density at radius 3 is 2.64 bits per heavy atom. The largest absolute Gasteiger partial charge is 0.481 e. The maximum absolute atomic E-state index is 12.5. The van der Waals surface area contributed by atoms with E-state index in [2.05, 4.69) is 35.3 Å². The number of rotatable bonds is 5. The molecule has 1 aliphatic rings. The number of anilines is 2. The Hall–Kier alpha value is -3.56. The lowest BCUT2D eigenvalue weighted by molar-refractivity contribution is -0.120. The molecule has 0 bridgehead atoms. The molecule has 10 nitrogen and oxygen atoms in total. The second kappa shape index (κ2) is 7.99. The SMILES string of the molecule is COc1ccc(NC(=O)C2CCN(c3cc(-n4cncn4)ncn3)CC2)cn1. The van der Waals surface area contributed by atoms with Gasteiger partial charge in [0.25, 0.3) is 0 Å². The second-order valence-corrected chi connectivity index (χ2v) is 6.41. The minimum absolute atomic E-state index is 0.0117. The van der Waals surface area contributed by atoms with Crippen LogP contribution in [0.1, 0.15) is 12.8 Å². The Balaban J connectivity index is 1.35. The summed E-state index contributed by atoms with van der Waals surface area (Å²) in [6, 6.07) is 5.38. The summed E-state index contributed by atoms with van der Waals surface area (Å²) in [4.78, 5) is 31.3. The van der Waals surface area contributed by atoms with Crippen LogP contribution in [0.2, 0.25) is 0 Å². The minimum Gasteiger partial charge on any atom is -0.481 e. The van der Waals surface area contributed by atoms with Crippen LogP contribution in [0.3, 0.4) is 0 Å². The maximum atomic E-state index is 12.5. The molecule has 4 heterocycles. The lowest BCUT2D eigenvalue weighted by Crippen LogP contribution is -2.38. The first-order valence-corrected chi connectivity index (χ1v) is 8.96. The summed E-state index contributed by atoms with van der Waals surface area (Å²) in [5.74, 6) is 1.96. The summed E-state index contributed by atoms with van der Waals surface area (Å²) in [7, 11) is 1.56. The third-order valence-corrected chi connectivity index (χ3v) is 4.69. The number of nitrogens with one attached hydrogen (secondary N) is 1. The van der Waals surface area contributed by atoms with Gasteiger partial charge < -0.3 is 15.0 Å². The average Bonchev–Trinajstić information content (AvgIpc) is 3.29. The maximum Gasteiger partial charge on any atom is 0.227 e. The molecule has 0 aliphatic carbocycles. The molecule has 10 heteroatoms. The number of hydrogen-bond donors (Lipinski definition) is 1. The van der Waals surface area contributed by atoms with Crippen LogP contribution in [-0.2, 0) is 4.79 Å². The van der Waals surface area contributed by atoms with Crippen molar-refractivity contribution in [3.63, 3.8) is 0 Å². The van der Waals surface area contributed by atoms with E-state index >= 15 is 0 Å². The van der Waals surface area contributed by atoms with Crippen LogP contribution in [0.15, 0.2) is 43.4 Å². The molecule has 0 aromatic carbocycles. The van der Waals surface area contributed by atoms with E-state index in [4.69, 9.17) is 4.74 Å². The van der Waals surface area contributed by atoms with E-state index in [9.17, 15) is 4.79 Å². The lowest BCUT2D eigenvalue weighted by atomic mass is 9.96. The number of aromatic nitrogens is 6. The zero-order valence-electron chi connectivity index (χ0n) is 15.4. The highest BCUT2D eigenvalue weighted by Gasteiger charge is 2.26. The number of carbonyl (C=O) groups is 1. The highest BCUT2D eigenvalue weighted by molar-refractivity contribution is 5.92. The summed E-state index contributed by atoms with van der Waals surface area (Å²) >= 11 is 0. The van der Waals surface area contributed by atoms with Gasteiger partial charge >= 0.3 is 0 Å². The van der Waals surface area contributed by atoms with E-state index in [1.165, 1.54) is 12.7 Å². The van der Waals surface area contributed by atoms with Crippen molar-refractivity contribution in [2.75, 3.05) is 30.4 Å². The highest BCUT2D eigenvalue weighted by atomic mass is 16.5. The van der Waals surface area contributed by atoms with E-state index < -0.39 is 0 Å². The first-order valence-electron chi connectivity index (χ1n) is 8.96. The van der Waals surface area contributed by atoms with E-state index in [0.717, 1.165) is 31.7 Å². The highest BCUT2D eigenvalue weighted by Crippen LogP contribution is 2.24. The van der Waals surface area contributed by atoms with Crippen LogP contribution in [0.5, 0.6) is 5.88 Å². The first-order chi connectivity index (χ1) is 13.7. The Morgan fingerprint density at radius 2 is 1.96 bits per heavy atom. The molecule has 1 aliphatic heterocycles. The fourth-order valence-electron chi connectivity index (χ4n) is 3.15. The van der Waals surface area contributed by atoms with Gasteiger partial charge in [0, 0.05) is 31.1 Å². The van der Waals surface area contributed by atoms with Gasteiger partial charge in [-0.3, -0.25) is 4.79 Å². The Labute approximate surface area is 161 Å². The smallest absolute Gasteiger partial charge is 0.227 e. The van der Waals surface area contributed by atoms with Crippen LogP contribution >= 0.6 is 0 Å². The van der Waals surface area contributed by atoms with E-state index in [-0.39, 0.29) is 11.8 Å². The van der Waals surface area contributed by atoms with E-state index in [1.54, 1.807) is 36.4 Å². The molecule has 0 saturated carbocycles. The van der Waals surface area contributed by atoms with Crippen LogP contribution < -0.4 is 15.0 Å². The predicted molar refractivity (Wildman–Crippen MR) is 101 cm³/mol. The summed E-state index contributed by atoms with van der Waals surface area (Å²) in [5, 5.41) is 7.02. The van der Waals surface area contributed by atoms with Crippen molar-refractivity contribution in [1.82, 2.24) is 29.7 Å². The van der Waals surface area contributed by atoms with Gasteiger partial charge in [-0.2, -0.15) is 5.10 Å². The zero-order valence-corrected chi connectivity index (χ0v) is 15.4. The Kier molecular flexibility index (Phi) is 5.09. The standard InChI is InChI=1S/C18H20N8O2/c1-28-17-3-2-14(9-20-17)24-18(27)13-4-6-25(7-5-13)15-8-16(22-11-21-15)26-12-19-10-23-26/h2-3,8-13H,4-7H2,1H3,(H,24,27). The molecule has 0 unspecified atom stereocenters. The van der Waals surface area contributed by atoms with Gasteiger partial charge in [0.05, 0.1) is 19.0 Å². The molecule has 1 fully saturated rings. The van der Waals surface area contributed by atoms with Crippen molar-refractivity contribution in [1.29, 1.82) is 0 Å². The topological polar surface area (TPSA) is 111 Å². The summed E-state index contributed by atoms with van der Waals surface area (Å²) in [6.45, 7) is 1.49. The molecular formula is C18H20N8O2. The van der Waals surface area contributed by atoms with Gasteiger partial charge in [0.15, 0.2) is 5.82 Å². The Morgan fingerprint density at radius 1 is 1.14 bits per heavy atom. The predicted octanol–water partition coefficient (Wildman–Crippen LogP) is 1.32. The molecular weight excluding hydrogens is 360 g/mol. The second-order valence-electron chi connectivity index (χ2n) is 6.41. The third kappa shape index (κ3) is 3.90. The number of piperidine rings is 1. The van der Waals surface area contributed by atoms with Crippen molar-refractivity contribution in [3.05, 3.63) is 43.4 Å². The number of hydrogen-bond acceptors (Lipinski definition) is 8. The minimum atomic E-state index is -0.0463. The van der Waals surface area contributed by atoms with Crippen LogP contribution in [0.25, 0.3) is 5.82 Å². The fourth-order valence-corrected chi connectivity index (χ4v) is 3.15. The van der Waals surface area contributed by atoms with Crippen LogP contribution in [0.4, 0.5) is 11.5 Å². The average molecular weight is 380 g/mol. The van der Waals surface area contributed by atoms with Crippen molar-refractivity contribution >= 4 is 17.4 Å². The van der Waals surface area contributed by atoms with Gasteiger partial charge in [0.2, 0.25) is 11.8 Å². The molecule has 144 valence electrons. The summed E-state index contributed by atoms with van der Waals surface area (Å²) in [5.41, 5.74) is 0.668. The number of carbonyl (C=O) groups excluding carboxylic acids is 1. The zero-order chi connectivity index (χ0) is 19.3. The van der Waals surface area contributed by atoms with E-state index in [1.807, 2.05) is 6.07 Å². The van der Waals surface area contributed by atoms with Crippen molar-refractivity contribution in [2.45, 2.75) is 12.8 Å². The molecule has 1 amide bonds. The fraction of sp³-hybridized carbons (Fsp3) is 0.333. The van der Waals surface area contributed by atoms with Gasteiger partial charge in [0.1, 0.15) is 24.8 Å². The molecule has 3 aromatic rings. The number of nitrogens with zero attached hydrogens (tertiary/aromatic N) is 7.